The number of benzene rings is 1. The Morgan fingerprint density at radius 2 is 2.11 bits per heavy atom. The third-order valence-electron chi connectivity index (χ3n) is 4.10. The highest BCUT2D eigenvalue weighted by Crippen LogP contribution is 2.36. The summed E-state index contributed by atoms with van der Waals surface area (Å²) in [7, 11) is 2.00. The van der Waals surface area contributed by atoms with Gasteiger partial charge in [-0.1, -0.05) is 24.6 Å². The van der Waals surface area contributed by atoms with Gasteiger partial charge in [-0.05, 0) is 18.9 Å². The van der Waals surface area contributed by atoms with E-state index in [9.17, 15) is 0 Å². The minimum absolute atomic E-state index is 0.608. The van der Waals surface area contributed by atoms with Gasteiger partial charge in [0.25, 0.3) is 0 Å². The molecule has 0 aliphatic heterocycles. The van der Waals surface area contributed by atoms with Crippen molar-refractivity contribution in [1.82, 2.24) is 19.7 Å². The van der Waals surface area contributed by atoms with Crippen LogP contribution in [0.4, 0.5) is 0 Å². The van der Waals surface area contributed by atoms with Gasteiger partial charge in [-0.3, -0.25) is 4.68 Å². The fraction of sp³-hybridized carbons (Fsp3) is 0.333. The smallest absolute Gasteiger partial charge is 0.183 e. The van der Waals surface area contributed by atoms with Gasteiger partial charge in [0.1, 0.15) is 5.82 Å². The minimum Gasteiger partial charge on any atom is -0.360 e. The van der Waals surface area contributed by atoms with E-state index in [1.54, 1.807) is 0 Å². The average molecular weight is 252 g/mol. The normalized spacial score (nSPS) is 15.8. The first-order chi connectivity index (χ1) is 9.33. The Hall–Kier alpha value is -2.10. The van der Waals surface area contributed by atoms with Crippen molar-refractivity contribution in [2.75, 3.05) is 0 Å². The molecule has 19 heavy (non-hydrogen) atoms. The van der Waals surface area contributed by atoms with Crippen molar-refractivity contribution in [3.05, 3.63) is 36.3 Å². The van der Waals surface area contributed by atoms with E-state index >= 15 is 0 Å². The lowest BCUT2D eigenvalue weighted by molar-refractivity contribution is 0.388. The summed E-state index contributed by atoms with van der Waals surface area (Å²) in [4.78, 5) is 8.04. The molecule has 1 aliphatic rings. The van der Waals surface area contributed by atoms with Gasteiger partial charge in [-0.25, -0.2) is 4.98 Å². The molecule has 4 rings (SSSR count). The number of H-pyrrole nitrogens is 1. The van der Waals surface area contributed by atoms with Crippen molar-refractivity contribution in [2.45, 2.75) is 25.2 Å². The molecule has 3 aromatic rings. The number of aromatic amines is 1. The molecule has 0 unspecified atom stereocenters. The maximum atomic E-state index is 4.76. The molecule has 0 bridgehead atoms. The number of rotatable bonds is 2. The number of nitrogens with zero attached hydrogens (tertiary/aromatic N) is 3. The number of hydrogen-bond acceptors (Lipinski definition) is 2. The molecule has 2 aromatic heterocycles. The highest BCUT2D eigenvalue weighted by atomic mass is 15.3. The van der Waals surface area contributed by atoms with Crippen molar-refractivity contribution >= 4 is 10.9 Å². The van der Waals surface area contributed by atoms with Gasteiger partial charge in [0, 0.05) is 35.6 Å². The summed E-state index contributed by atoms with van der Waals surface area (Å²) in [6.45, 7) is 0. The second-order valence-corrected chi connectivity index (χ2v) is 5.29. The minimum atomic E-state index is 0.608. The predicted molar refractivity (Wildman–Crippen MR) is 74.9 cm³/mol. The molecule has 1 fully saturated rings. The first-order valence-electron chi connectivity index (χ1n) is 6.80. The van der Waals surface area contributed by atoms with Crippen molar-refractivity contribution < 1.29 is 0 Å². The summed E-state index contributed by atoms with van der Waals surface area (Å²) in [5.74, 6) is 2.57. The average Bonchev–Trinajstić information content (AvgIpc) is 2.92. The van der Waals surface area contributed by atoms with E-state index < -0.39 is 0 Å². The molecule has 96 valence electrons. The van der Waals surface area contributed by atoms with Crippen LogP contribution in [0, 0.1) is 0 Å². The molecule has 1 N–H and O–H groups in total. The molecule has 1 saturated carbocycles. The summed E-state index contributed by atoms with van der Waals surface area (Å²) in [6, 6.07) is 8.28. The van der Waals surface area contributed by atoms with Crippen LogP contribution < -0.4 is 0 Å². The molecule has 0 saturated heterocycles. The first kappa shape index (κ1) is 10.8. The Morgan fingerprint density at radius 3 is 2.89 bits per heavy atom. The molecule has 4 nitrogen and oxygen atoms in total. The highest BCUT2D eigenvalue weighted by Gasteiger charge is 2.25. The van der Waals surface area contributed by atoms with Crippen LogP contribution in [-0.4, -0.2) is 19.7 Å². The topological polar surface area (TPSA) is 46.5 Å². The molecular weight excluding hydrogens is 236 g/mol. The van der Waals surface area contributed by atoms with Crippen LogP contribution in [0.25, 0.3) is 22.3 Å². The maximum Gasteiger partial charge on any atom is 0.183 e. The SMILES string of the molecule is Cn1nc(-c2c[nH]c3ccccc23)nc1C1CCC1. The summed E-state index contributed by atoms with van der Waals surface area (Å²) < 4.78 is 1.95. The first-order valence-corrected chi connectivity index (χ1v) is 6.80. The fourth-order valence-electron chi connectivity index (χ4n) is 2.79. The van der Waals surface area contributed by atoms with E-state index in [0.717, 1.165) is 22.7 Å². The van der Waals surface area contributed by atoms with Gasteiger partial charge in [0.15, 0.2) is 5.82 Å². The van der Waals surface area contributed by atoms with Gasteiger partial charge in [0.05, 0.1) is 0 Å². The number of para-hydroxylation sites is 1. The maximum absolute atomic E-state index is 4.76. The van der Waals surface area contributed by atoms with Crippen molar-refractivity contribution in [3.63, 3.8) is 0 Å². The van der Waals surface area contributed by atoms with Gasteiger partial charge in [0.2, 0.25) is 0 Å². The predicted octanol–water partition coefficient (Wildman–Crippen LogP) is 3.23. The van der Waals surface area contributed by atoms with E-state index in [-0.39, 0.29) is 0 Å². The van der Waals surface area contributed by atoms with Crippen LogP contribution in [0.1, 0.15) is 31.0 Å². The van der Waals surface area contributed by atoms with E-state index in [1.807, 2.05) is 24.0 Å². The van der Waals surface area contributed by atoms with Gasteiger partial charge >= 0.3 is 0 Å². The summed E-state index contributed by atoms with van der Waals surface area (Å²) in [5.41, 5.74) is 2.23. The highest BCUT2D eigenvalue weighted by molar-refractivity contribution is 5.93. The third-order valence-corrected chi connectivity index (χ3v) is 4.10. The summed E-state index contributed by atoms with van der Waals surface area (Å²) in [6.07, 6.45) is 5.82. The van der Waals surface area contributed by atoms with Crippen LogP contribution >= 0.6 is 0 Å². The Labute approximate surface area is 111 Å². The van der Waals surface area contributed by atoms with Crippen molar-refractivity contribution in [2.24, 2.45) is 7.05 Å². The van der Waals surface area contributed by atoms with E-state index in [1.165, 1.54) is 24.6 Å². The fourth-order valence-corrected chi connectivity index (χ4v) is 2.79. The molecule has 1 aromatic carbocycles. The molecule has 0 spiro atoms. The Bertz CT molecular complexity index is 734. The van der Waals surface area contributed by atoms with E-state index in [2.05, 4.69) is 28.3 Å². The van der Waals surface area contributed by atoms with Crippen molar-refractivity contribution in [1.29, 1.82) is 0 Å². The summed E-state index contributed by atoms with van der Waals surface area (Å²) >= 11 is 0. The molecular formula is C15H16N4. The largest absolute Gasteiger partial charge is 0.360 e. The Morgan fingerprint density at radius 1 is 1.26 bits per heavy atom. The van der Waals surface area contributed by atoms with Gasteiger partial charge in [-0.15, -0.1) is 0 Å². The number of aryl methyl sites for hydroxylation is 1. The lowest BCUT2D eigenvalue weighted by Gasteiger charge is -2.23. The monoisotopic (exact) mass is 252 g/mol. The number of fused-ring (bicyclic) bond motifs is 1. The quantitative estimate of drug-likeness (QED) is 0.761. The molecule has 1 aliphatic carbocycles. The lowest BCUT2D eigenvalue weighted by Crippen LogP contribution is -2.14. The second kappa shape index (κ2) is 3.95. The molecule has 2 heterocycles. The third kappa shape index (κ3) is 1.59. The Balaban J connectivity index is 1.83. The zero-order chi connectivity index (χ0) is 12.8. The zero-order valence-corrected chi connectivity index (χ0v) is 10.9. The second-order valence-electron chi connectivity index (χ2n) is 5.29. The molecule has 0 atom stereocenters. The summed E-state index contributed by atoms with van der Waals surface area (Å²) in [5, 5.41) is 5.78. The molecule has 0 radical (unpaired) electrons. The number of nitrogens with one attached hydrogen (secondary N) is 1. The van der Waals surface area contributed by atoms with Crippen LogP contribution in [0.3, 0.4) is 0 Å². The molecule has 0 amide bonds. The van der Waals surface area contributed by atoms with E-state index in [4.69, 9.17) is 4.98 Å². The van der Waals surface area contributed by atoms with Crippen molar-refractivity contribution in [3.8, 4) is 11.4 Å². The van der Waals surface area contributed by atoms with Crippen LogP contribution in [-0.2, 0) is 7.05 Å². The number of aromatic nitrogens is 4. The van der Waals surface area contributed by atoms with Crippen LogP contribution in [0.2, 0.25) is 0 Å². The van der Waals surface area contributed by atoms with Crippen LogP contribution in [0.5, 0.6) is 0 Å². The van der Waals surface area contributed by atoms with Gasteiger partial charge in [-0.2, -0.15) is 5.10 Å². The van der Waals surface area contributed by atoms with E-state index in [0.29, 0.717) is 5.92 Å². The Kier molecular flexibility index (Phi) is 2.24. The van der Waals surface area contributed by atoms with Gasteiger partial charge < -0.3 is 4.98 Å². The number of hydrogen-bond donors (Lipinski definition) is 1. The zero-order valence-electron chi connectivity index (χ0n) is 10.9. The standard InChI is InChI=1S/C15H16N4/c1-19-15(10-5-4-6-10)17-14(18-19)12-9-16-13-8-3-2-7-11(12)13/h2-3,7-10,16H,4-6H2,1H3. The molecule has 4 heteroatoms. The van der Waals surface area contributed by atoms with Crippen LogP contribution in [0.15, 0.2) is 30.5 Å². The lowest BCUT2D eigenvalue weighted by atomic mass is 9.85.